The second-order valence-corrected chi connectivity index (χ2v) is 7.64. The van der Waals surface area contributed by atoms with Gasteiger partial charge in [0.25, 0.3) is 17.7 Å². The molecule has 35 heavy (non-hydrogen) atoms. The van der Waals surface area contributed by atoms with Crippen molar-refractivity contribution in [2.45, 2.75) is 0 Å². The number of nitrogens with zero attached hydrogens (tertiary/aromatic N) is 2. The van der Waals surface area contributed by atoms with Gasteiger partial charge in [-0.1, -0.05) is 54.6 Å². The first-order valence-corrected chi connectivity index (χ1v) is 10.7. The molecule has 0 aromatic heterocycles. The van der Waals surface area contributed by atoms with E-state index in [2.05, 4.69) is 5.32 Å². The number of para-hydroxylation sites is 3. The Morgan fingerprint density at radius 2 is 0.914 bits per heavy atom. The van der Waals surface area contributed by atoms with Crippen LogP contribution in [-0.4, -0.2) is 17.7 Å². The number of hydrazine groups is 2. The maximum Gasteiger partial charge on any atom is 0.272 e. The van der Waals surface area contributed by atoms with Crippen molar-refractivity contribution in [3.63, 3.8) is 0 Å². The lowest BCUT2D eigenvalue weighted by molar-refractivity contribution is 0.0986. The van der Waals surface area contributed by atoms with Crippen molar-refractivity contribution in [2.24, 2.45) is 11.7 Å². The first-order valence-electron chi connectivity index (χ1n) is 10.7. The van der Waals surface area contributed by atoms with Crippen LogP contribution >= 0.6 is 0 Å². The van der Waals surface area contributed by atoms with Crippen molar-refractivity contribution in [1.29, 1.82) is 0 Å². The molecule has 0 radical (unpaired) electrons. The first-order chi connectivity index (χ1) is 16.9. The van der Waals surface area contributed by atoms with Crippen LogP contribution in [0.2, 0.25) is 0 Å². The SMILES string of the molecule is NN(C(=O)c1cc(C(=O)Nc2ccccc2)cc(C(=O)N(N)c2ccccc2)c1)c1ccccc1. The van der Waals surface area contributed by atoms with Gasteiger partial charge in [-0.25, -0.2) is 21.7 Å². The summed E-state index contributed by atoms with van der Waals surface area (Å²) < 4.78 is 0. The number of carbonyl (C=O) groups excluding carboxylic acids is 3. The molecule has 4 aromatic rings. The van der Waals surface area contributed by atoms with Crippen molar-refractivity contribution in [2.75, 3.05) is 15.3 Å². The van der Waals surface area contributed by atoms with E-state index in [1.165, 1.54) is 18.2 Å². The Morgan fingerprint density at radius 3 is 1.34 bits per heavy atom. The zero-order valence-corrected chi connectivity index (χ0v) is 18.7. The van der Waals surface area contributed by atoms with Crippen molar-refractivity contribution in [1.82, 2.24) is 0 Å². The smallest absolute Gasteiger partial charge is 0.272 e. The number of nitrogens with one attached hydrogen (secondary N) is 1. The Hall–Kier alpha value is -4.79. The molecule has 0 saturated heterocycles. The molecular formula is C27H23N5O3. The average molecular weight is 466 g/mol. The molecule has 4 rings (SSSR count). The third kappa shape index (κ3) is 5.41. The standard InChI is InChI=1S/C27H23N5O3/c28-31(23-12-6-2-7-13-23)26(34)20-16-19(25(33)30-22-10-4-1-5-11-22)17-21(18-20)27(35)32(29)24-14-8-3-9-15-24/h1-18H,28-29H2,(H,30,33). The van der Waals surface area contributed by atoms with Gasteiger partial charge in [0.05, 0.1) is 11.4 Å². The molecule has 8 nitrogen and oxygen atoms in total. The third-order valence-electron chi connectivity index (χ3n) is 5.23. The zero-order valence-electron chi connectivity index (χ0n) is 18.7. The van der Waals surface area contributed by atoms with Gasteiger partial charge in [-0.05, 0) is 54.6 Å². The van der Waals surface area contributed by atoms with Gasteiger partial charge in [0.1, 0.15) is 0 Å². The van der Waals surface area contributed by atoms with Crippen LogP contribution in [-0.2, 0) is 0 Å². The summed E-state index contributed by atoms with van der Waals surface area (Å²) >= 11 is 0. The fourth-order valence-corrected chi connectivity index (χ4v) is 3.42. The maximum absolute atomic E-state index is 13.2. The van der Waals surface area contributed by atoms with Gasteiger partial charge in [0.2, 0.25) is 0 Å². The Balaban J connectivity index is 1.72. The lowest BCUT2D eigenvalue weighted by Gasteiger charge is -2.20. The Morgan fingerprint density at radius 1 is 0.543 bits per heavy atom. The van der Waals surface area contributed by atoms with Gasteiger partial charge in [0.15, 0.2) is 0 Å². The van der Waals surface area contributed by atoms with Crippen LogP contribution in [0, 0.1) is 0 Å². The molecule has 0 bridgehead atoms. The van der Waals surface area contributed by atoms with E-state index < -0.39 is 17.7 Å². The summed E-state index contributed by atoms with van der Waals surface area (Å²) in [6, 6.07) is 30.3. The minimum Gasteiger partial charge on any atom is -0.322 e. The lowest BCUT2D eigenvalue weighted by Crippen LogP contribution is -2.39. The maximum atomic E-state index is 13.2. The van der Waals surface area contributed by atoms with Gasteiger partial charge >= 0.3 is 0 Å². The highest BCUT2D eigenvalue weighted by Gasteiger charge is 2.22. The van der Waals surface area contributed by atoms with Gasteiger partial charge in [0, 0.05) is 22.4 Å². The fourth-order valence-electron chi connectivity index (χ4n) is 3.42. The van der Waals surface area contributed by atoms with Crippen molar-refractivity contribution in [3.05, 3.63) is 126 Å². The van der Waals surface area contributed by atoms with Gasteiger partial charge in [-0.2, -0.15) is 0 Å². The summed E-state index contributed by atoms with van der Waals surface area (Å²) in [5.74, 6) is 10.4. The number of nitrogens with two attached hydrogens (primary N) is 2. The number of benzene rings is 4. The molecule has 0 heterocycles. The summed E-state index contributed by atoms with van der Waals surface area (Å²) in [5, 5.41) is 4.68. The van der Waals surface area contributed by atoms with Crippen LogP contribution < -0.4 is 27.0 Å². The second-order valence-electron chi connectivity index (χ2n) is 7.64. The normalized spacial score (nSPS) is 10.3. The largest absolute Gasteiger partial charge is 0.322 e. The molecule has 0 fully saturated rings. The van der Waals surface area contributed by atoms with Gasteiger partial charge in [-0.15, -0.1) is 0 Å². The molecule has 0 aliphatic carbocycles. The number of hydrogen-bond acceptors (Lipinski definition) is 5. The molecule has 0 saturated carbocycles. The van der Waals surface area contributed by atoms with E-state index in [1.807, 2.05) is 6.07 Å². The molecule has 0 aliphatic rings. The van der Waals surface area contributed by atoms with Crippen LogP contribution in [0.3, 0.4) is 0 Å². The summed E-state index contributed by atoms with van der Waals surface area (Å²) in [6.07, 6.45) is 0. The predicted molar refractivity (Wildman–Crippen MR) is 136 cm³/mol. The van der Waals surface area contributed by atoms with Crippen LogP contribution in [0.4, 0.5) is 17.1 Å². The average Bonchev–Trinajstić information content (AvgIpc) is 2.92. The second kappa shape index (κ2) is 10.4. The molecule has 0 spiro atoms. The van der Waals surface area contributed by atoms with Crippen molar-refractivity contribution >= 4 is 34.8 Å². The molecule has 0 atom stereocenters. The minimum atomic E-state index is -0.595. The summed E-state index contributed by atoms with van der Waals surface area (Å²) in [6.45, 7) is 0. The summed E-state index contributed by atoms with van der Waals surface area (Å²) in [5.41, 5.74) is 1.69. The molecule has 3 amide bonds. The van der Waals surface area contributed by atoms with E-state index in [4.69, 9.17) is 11.7 Å². The van der Waals surface area contributed by atoms with Crippen molar-refractivity contribution < 1.29 is 14.4 Å². The van der Waals surface area contributed by atoms with E-state index >= 15 is 0 Å². The molecule has 4 aromatic carbocycles. The number of anilines is 3. The van der Waals surface area contributed by atoms with E-state index in [-0.39, 0.29) is 16.7 Å². The lowest BCUT2D eigenvalue weighted by atomic mass is 10.0. The van der Waals surface area contributed by atoms with Crippen LogP contribution in [0.5, 0.6) is 0 Å². The van der Waals surface area contributed by atoms with Gasteiger partial charge in [-0.3, -0.25) is 14.4 Å². The zero-order chi connectivity index (χ0) is 24.8. The Bertz CT molecular complexity index is 1270. The van der Waals surface area contributed by atoms with E-state index in [0.29, 0.717) is 17.1 Å². The highest BCUT2D eigenvalue weighted by atomic mass is 16.2. The quantitative estimate of drug-likeness (QED) is 0.226. The molecule has 174 valence electrons. The Kier molecular flexibility index (Phi) is 6.96. The highest BCUT2D eigenvalue weighted by molar-refractivity contribution is 6.13. The molecule has 0 aliphatic heterocycles. The molecule has 8 heteroatoms. The number of rotatable bonds is 6. The summed E-state index contributed by atoms with van der Waals surface area (Å²) in [7, 11) is 0. The van der Waals surface area contributed by atoms with E-state index in [1.54, 1.807) is 84.9 Å². The molecular weight excluding hydrogens is 442 g/mol. The minimum absolute atomic E-state index is 0.0573. The highest BCUT2D eigenvalue weighted by Crippen LogP contribution is 2.20. The van der Waals surface area contributed by atoms with Crippen molar-refractivity contribution in [3.8, 4) is 0 Å². The van der Waals surface area contributed by atoms with E-state index in [9.17, 15) is 14.4 Å². The number of carbonyl (C=O) groups is 3. The first kappa shape index (κ1) is 23.4. The van der Waals surface area contributed by atoms with Crippen LogP contribution in [0.15, 0.2) is 109 Å². The van der Waals surface area contributed by atoms with Crippen LogP contribution in [0.25, 0.3) is 0 Å². The number of amides is 3. The third-order valence-corrected chi connectivity index (χ3v) is 5.23. The monoisotopic (exact) mass is 465 g/mol. The number of hydrogen-bond donors (Lipinski definition) is 3. The molecule has 0 unspecified atom stereocenters. The fraction of sp³-hybridized carbons (Fsp3) is 0. The Labute approximate surface area is 202 Å². The van der Waals surface area contributed by atoms with E-state index in [0.717, 1.165) is 10.0 Å². The predicted octanol–water partition coefficient (Wildman–Crippen LogP) is 3.98. The topological polar surface area (TPSA) is 122 Å². The summed E-state index contributed by atoms with van der Waals surface area (Å²) in [4.78, 5) is 39.4. The van der Waals surface area contributed by atoms with Crippen LogP contribution in [0.1, 0.15) is 31.1 Å². The van der Waals surface area contributed by atoms with Gasteiger partial charge < -0.3 is 5.32 Å². The molecule has 5 N–H and O–H groups in total.